The van der Waals surface area contributed by atoms with Crippen LogP contribution in [-0.4, -0.2) is 50.8 Å². The summed E-state index contributed by atoms with van der Waals surface area (Å²) in [5.74, 6) is 0.373. The Labute approximate surface area is 112 Å². The highest BCUT2D eigenvalue weighted by molar-refractivity contribution is 5.70. The summed E-state index contributed by atoms with van der Waals surface area (Å²) in [5.41, 5.74) is 0. The van der Waals surface area contributed by atoms with Crippen molar-refractivity contribution in [1.29, 1.82) is 0 Å². The van der Waals surface area contributed by atoms with Crippen molar-refractivity contribution in [3.05, 3.63) is 30.3 Å². The lowest BCUT2D eigenvalue weighted by molar-refractivity contribution is 0.0341. The lowest BCUT2D eigenvalue weighted by Gasteiger charge is -2.07. The summed E-state index contributed by atoms with van der Waals surface area (Å²) in [7, 11) is 0. The normalized spacial score (nSPS) is 10.2. The third-order valence-electron chi connectivity index (χ3n) is 2.01. The molecular weight excluding hydrogens is 250 g/mol. The fraction of sp³-hybridized carbons (Fsp3) is 0.462. The number of hydrogen-bond donors (Lipinski definition) is 2. The highest BCUT2D eigenvalue weighted by Gasteiger charge is 2.02. The number of aliphatic hydroxyl groups excluding tert-OH is 1. The standard InChI is InChI=1S/C13H18NO5/c15-7-9-18-11-10-17-8-6-14-13(16)19-12-4-2-1-3-5-12/h1-4,15H,6-11H2,(H,14,16). The second kappa shape index (κ2) is 10.3. The van der Waals surface area contributed by atoms with Crippen LogP contribution in [0.25, 0.3) is 0 Å². The van der Waals surface area contributed by atoms with Crippen molar-refractivity contribution in [2.75, 3.05) is 39.6 Å². The number of aliphatic hydroxyl groups is 1. The van der Waals surface area contributed by atoms with Crippen LogP contribution in [0.2, 0.25) is 0 Å². The van der Waals surface area contributed by atoms with E-state index in [1.807, 2.05) is 0 Å². The number of para-hydroxylation sites is 1. The monoisotopic (exact) mass is 268 g/mol. The van der Waals surface area contributed by atoms with Crippen LogP contribution in [0.15, 0.2) is 24.3 Å². The molecule has 1 aromatic carbocycles. The maximum absolute atomic E-state index is 11.3. The number of hydrogen-bond acceptors (Lipinski definition) is 5. The average Bonchev–Trinajstić information content (AvgIpc) is 2.43. The average molecular weight is 268 g/mol. The smallest absolute Gasteiger partial charge is 0.410 e. The number of ether oxygens (including phenoxy) is 3. The minimum atomic E-state index is -0.539. The molecule has 0 saturated carbocycles. The summed E-state index contributed by atoms with van der Waals surface area (Å²) >= 11 is 0. The molecule has 0 aliphatic heterocycles. The molecule has 0 aromatic heterocycles. The van der Waals surface area contributed by atoms with Crippen molar-refractivity contribution in [1.82, 2.24) is 5.32 Å². The van der Waals surface area contributed by atoms with Crippen LogP contribution in [0.1, 0.15) is 0 Å². The Bertz CT molecular complexity index is 344. The van der Waals surface area contributed by atoms with Gasteiger partial charge < -0.3 is 24.6 Å². The predicted molar refractivity (Wildman–Crippen MR) is 68.0 cm³/mol. The summed E-state index contributed by atoms with van der Waals surface area (Å²) in [6.45, 7) is 1.88. The lowest BCUT2D eigenvalue weighted by atomic mass is 10.3. The summed E-state index contributed by atoms with van der Waals surface area (Å²) < 4.78 is 15.2. The third kappa shape index (κ3) is 8.15. The number of nitrogens with one attached hydrogen (secondary N) is 1. The van der Waals surface area contributed by atoms with E-state index in [0.717, 1.165) is 0 Å². The van der Waals surface area contributed by atoms with Crippen LogP contribution < -0.4 is 10.1 Å². The van der Waals surface area contributed by atoms with Crippen molar-refractivity contribution in [3.63, 3.8) is 0 Å². The van der Waals surface area contributed by atoms with E-state index in [-0.39, 0.29) is 6.61 Å². The molecule has 2 N–H and O–H groups in total. The van der Waals surface area contributed by atoms with E-state index in [1.54, 1.807) is 24.3 Å². The van der Waals surface area contributed by atoms with Crippen LogP contribution in [0.5, 0.6) is 5.75 Å². The third-order valence-corrected chi connectivity index (χ3v) is 2.01. The van der Waals surface area contributed by atoms with E-state index in [0.29, 0.717) is 38.7 Å². The minimum absolute atomic E-state index is 0.00387. The van der Waals surface area contributed by atoms with Crippen LogP contribution in [0.3, 0.4) is 0 Å². The summed E-state index contributed by atoms with van der Waals surface area (Å²) in [6.07, 6.45) is -0.539. The van der Waals surface area contributed by atoms with Gasteiger partial charge in [0.1, 0.15) is 5.75 Å². The molecule has 6 heteroatoms. The first-order valence-corrected chi connectivity index (χ1v) is 6.01. The summed E-state index contributed by atoms with van der Waals surface area (Å²) in [6, 6.07) is 9.64. The Balaban J connectivity index is 1.96. The Kier molecular flexibility index (Phi) is 8.37. The molecule has 0 spiro atoms. The zero-order chi connectivity index (χ0) is 13.8. The summed E-state index contributed by atoms with van der Waals surface area (Å²) in [5, 5.41) is 11.0. The zero-order valence-electron chi connectivity index (χ0n) is 10.6. The van der Waals surface area contributed by atoms with Crippen molar-refractivity contribution >= 4 is 6.09 Å². The molecule has 1 amide bonds. The molecule has 0 saturated heterocycles. The van der Waals surface area contributed by atoms with Gasteiger partial charge in [-0.05, 0) is 6.07 Å². The highest BCUT2D eigenvalue weighted by Crippen LogP contribution is 2.06. The van der Waals surface area contributed by atoms with Gasteiger partial charge in [-0.3, -0.25) is 0 Å². The van der Waals surface area contributed by atoms with Crippen molar-refractivity contribution < 1.29 is 24.1 Å². The van der Waals surface area contributed by atoms with Crippen molar-refractivity contribution in [2.24, 2.45) is 0 Å². The van der Waals surface area contributed by atoms with Gasteiger partial charge in [0.15, 0.2) is 0 Å². The van der Waals surface area contributed by atoms with Crippen molar-refractivity contribution in [2.45, 2.75) is 0 Å². The first-order valence-electron chi connectivity index (χ1n) is 6.01. The van der Waals surface area contributed by atoms with E-state index in [4.69, 9.17) is 19.3 Å². The maximum atomic E-state index is 11.3. The van der Waals surface area contributed by atoms with Gasteiger partial charge >= 0.3 is 6.09 Å². The van der Waals surface area contributed by atoms with Gasteiger partial charge in [0.05, 0.1) is 33.0 Å². The van der Waals surface area contributed by atoms with E-state index in [9.17, 15) is 4.79 Å². The molecule has 0 heterocycles. The number of carbonyl (C=O) groups is 1. The first-order chi connectivity index (χ1) is 9.33. The Hall–Kier alpha value is -1.63. The number of amides is 1. The number of benzene rings is 1. The second-order valence-electron chi connectivity index (χ2n) is 3.49. The Morgan fingerprint density at radius 1 is 1.21 bits per heavy atom. The van der Waals surface area contributed by atoms with Gasteiger partial charge in [-0.2, -0.15) is 0 Å². The SMILES string of the molecule is O=C(NCCOCCOCCO)Oc1[c]cccc1. The fourth-order valence-electron chi connectivity index (χ4n) is 1.19. The molecule has 105 valence electrons. The Morgan fingerprint density at radius 3 is 2.68 bits per heavy atom. The Morgan fingerprint density at radius 2 is 2.00 bits per heavy atom. The van der Waals surface area contributed by atoms with E-state index in [1.165, 1.54) is 0 Å². The fourth-order valence-corrected chi connectivity index (χ4v) is 1.19. The van der Waals surface area contributed by atoms with Crippen LogP contribution in [0, 0.1) is 6.07 Å². The molecule has 0 aliphatic carbocycles. The van der Waals surface area contributed by atoms with Crippen molar-refractivity contribution in [3.8, 4) is 5.75 Å². The topological polar surface area (TPSA) is 77.0 Å². The molecule has 6 nitrogen and oxygen atoms in total. The van der Waals surface area contributed by atoms with E-state index < -0.39 is 6.09 Å². The van der Waals surface area contributed by atoms with E-state index >= 15 is 0 Å². The van der Waals surface area contributed by atoms with Gasteiger partial charge in [-0.25, -0.2) is 4.79 Å². The maximum Gasteiger partial charge on any atom is 0.412 e. The molecule has 19 heavy (non-hydrogen) atoms. The first kappa shape index (κ1) is 15.4. The molecule has 0 unspecified atom stereocenters. The van der Waals surface area contributed by atoms with Gasteiger partial charge in [-0.15, -0.1) is 0 Å². The van der Waals surface area contributed by atoms with Crippen LogP contribution in [-0.2, 0) is 9.47 Å². The molecule has 0 fully saturated rings. The second-order valence-corrected chi connectivity index (χ2v) is 3.49. The zero-order valence-corrected chi connectivity index (χ0v) is 10.6. The molecule has 0 aliphatic rings. The van der Waals surface area contributed by atoms with E-state index in [2.05, 4.69) is 11.4 Å². The highest BCUT2D eigenvalue weighted by atomic mass is 16.6. The van der Waals surface area contributed by atoms with Gasteiger partial charge in [-0.1, -0.05) is 18.2 Å². The van der Waals surface area contributed by atoms with Gasteiger partial charge in [0.25, 0.3) is 0 Å². The molecule has 0 bridgehead atoms. The van der Waals surface area contributed by atoms with Crippen LogP contribution in [0.4, 0.5) is 4.79 Å². The predicted octanol–water partition coefficient (Wildman–Crippen LogP) is 0.601. The molecule has 0 atom stereocenters. The van der Waals surface area contributed by atoms with Gasteiger partial charge in [0.2, 0.25) is 0 Å². The van der Waals surface area contributed by atoms with Crippen LogP contribution >= 0.6 is 0 Å². The lowest BCUT2D eigenvalue weighted by Crippen LogP contribution is -2.30. The minimum Gasteiger partial charge on any atom is -0.410 e. The number of carbonyl (C=O) groups excluding carboxylic acids is 1. The summed E-state index contributed by atoms with van der Waals surface area (Å²) in [4.78, 5) is 11.3. The number of rotatable bonds is 9. The largest absolute Gasteiger partial charge is 0.412 e. The molecule has 1 aromatic rings. The van der Waals surface area contributed by atoms with Gasteiger partial charge in [0, 0.05) is 12.6 Å². The molecular formula is C13H18NO5. The quantitative estimate of drug-likeness (QED) is 0.641. The molecule has 1 rings (SSSR count). The molecule has 1 radical (unpaired) electrons.